The van der Waals surface area contributed by atoms with Crippen LogP contribution in [-0.4, -0.2) is 31.2 Å². The standard InChI is InChI=1S/C18H17NO7/c1-11(12-4-3-5-14(8-12)19(21)22)26-18(20)13-9-15(23-2)17-16(10-13)24-6-7-25-17/h3-5,8-11H,6-7H2,1-2H3/t11-/m0/s1. The van der Waals surface area contributed by atoms with Crippen LogP contribution in [0.15, 0.2) is 36.4 Å². The Hall–Kier alpha value is -3.29. The Kier molecular flexibility index (Phi) is 4.92. The van der Waals surface area contributed by atoms with Gasteiger partial charge in [-0.05, 0) is 24.6 Å². The molecule has 8 nitrogen and oxygen atoms in total. The summed E-state index contributed by atoms with van der Waals surface area (Å²) in [7, 11) is 1.47. The fourth-order valence-corrected chi connectivity index (χ4v) is 2.58. The average molecular weight is 359 g/mol. The lowest BCUT2D eigenvalue weighted by Crippen LogP contribution is -2.17. The van der Waals surface area contributed by atoms with E-state index in [-0.39, 0.29) is 11.3 Å². The van der Waals surface area contributed by atoms with Crippen molar-refractivity contribution in [2.45, 2.75) is 13.0 Å². The van der Waals surface area contributed by atoms with Crippen LogP contribution in [0.3, 0.4) is 0 Å². The number of non-ortho nitro benzene ring substituents is 1. The van der Waals surface area contributed by atoms with E-state index in [1.165, 1.54) is 31.4 Å². The van der Waals surface area contributed by atoms with Crippen molar-refractivity contribution in [3.05, 3.63) is 57.6 Å². The minimum absolute atomic E-state index is 0.0635. The maximum atomic E-state index is 12.5. The van der Waals surface area contributed by atoms with E-state index < -0.39 is 17.0 Å². The van der Waals surface area contributed by atoms with E-state index in [0.29, 0.717) is 36.0 Å². The van der Waals surface area contributed by atoms with E-state index >= 15 is 0 Å². The number of ether oxygens (including phenoxy) is 4. The lowest BCUT2D eigenvalue weighted by atomic mass is 10.1. The van der Waals surface area contributed by atoms with E-state index in [4.69, 9.17) is 18.9 Å². The van der Waals surface area contributed by atoms with E-state index in [9.17, 15) is 14.9 Å². The molecule has 0 aliphatic carbocycles. The van der Waals surface area contributed by atoms with Crippen LogP contribution >= 0.6 is 0 Å². The van der Waals surface area contributed by atoms with Gasteiger partial charge < -0.3 is 18.9 Å². The van der Waals surface area contributed by atoms with Crippen LogP contribution in [0, 0.1) is 10.1 Å². The Morgan fingerprint density at radius 3 is 2.73 bits per heavy atom. The predicted molar refractivity (Wildman–Crippen MR) is 90.9 cm³/mol. The third-order valence-corrected chi connectivity index (χ3v) is 3.90. The van der Waals surface area contributed by atoms with E-state index in [1.54, 1.807) is 19.1 Å². The number of nitro groups is 1. The lowest BCUT2D eigenvalue weighted by Gasteiger charge is -2.21. The first-order valence-corrected chi connectivity index (χ1v) is 7.92. The average Bonchev–Trinajstić information content (AvgIpc) is 2.67. The molecule has 1 atom stereocenters. The van der Waals surface area contributed by atoms with Gasteiger partial charge in [0.2, 0.25) is 5.75 Å². The molecule has 0 bridgehead atoms. The lowest BCUT2D eigenvalue weighted by molar-refractivity contribution is -0.385. The summed E-state index contributed by atoms with van der Waals surface area (Å²) in [5.41, 5.74) is 0.701. The molecule has 136 valence electrons. The summed E-state index contributed by atoms with van der Waals surface area (Å²) in [5.74, 6) is 0.629. The Morgan fingerprint density at radius 1 is 1.23 bits per heavy atom. The molecular formula is C18H17NO7. The second-order valence-electron chi connectivity index (χ2n) is 5.60. The molecule has 2 aromatic rings. The van der Waals surface area contributed by atoms with Gasteiger partial charge in [0.1, 0.15) is 19.3 Å². The maximum Gasteiger partial charge on any atom is 0.339 e. The minimum Gasteiger partial charge on any atom is -0.493 e. The number of nitrogens with zero attached hydrogens (tertiary/aromatic N) is 1. The largest absolute Gasteiger partial charge is 0.493 e. The van der Waals surface area contributed by atoms with Gasteiger partial charge in [0.05, 0.1) is 17.6 Å². The molecule has 0 aromatic heterocycles. The number of nitro benzene ring substituents is 1. The minimum atomic E-state index is -0.665. The molecule has 1 heterocycles. The van der Waals surface area contributed by atoms with Gasteiger partial charge in [-0.15, -0.1) is 0 Å². The molecule has 0 unspecified atom stereocenters. The SMILES string of the molecule is COc1cc(C(=O)O[C@@H](C)c2cccc([N+](=O)[O-])c2)cc2c1OCCO2. The summed E-state index contributed by atoms with van der Waals surface area (Å²) in [6.45, 7) is 2.42. The highest BCUT2D eigenvalue weighted by molar-refractivity contribution is 5.91. The smallest absolute Gasteiger partial charge is 0.339 e. The van der Waals surface area contributed by atoms with Crippen LogP contribution in [0.5, 0.6) is 17.2 Å². The number of hydrogen-bond donors (Lipinski definition) is 0. The molecule has 0 saturated heterocycles. The molecule has 2 aromatic carbocycles. The van der Waals surface area contributed by atoms with Crippen molar-refractivity contribution in [2.75, 3.05) is 20.3 Å². The van der Waals surface area contributed by atoms with Crippen molar-refractivity contribution in [3.8, 4) is 17.2 Å². The van der Waals surface area contributed by atoms with E-state index in [0.717, 1.165) is 0 Å². The van der Waals surface area contributed by atoms with Crippen LogP contribution in [-0.2, 0) is 4.74 Å². The molecule has 3 rings (SSSR count). The molecule has 0 fully saturated rings. The molecule has 26 heavy (non-hydrogen) atoms. The number of fused-ring (bicyclic) bond motifs is 1. The Labute approximate surface area is 149 Å². The zero-order valence-corrected chi connectivity index (χ0v) is 14.3. The molecule has 0 amide bonds. The Morgan fingerprint density at radius 2 is 2.00 bits per heavy atom. The first kappa shape index (κ1) is 17.5. The number of carbonyl (C=O) groups is 1. The number of methoxy groups -OCH3 is 1. The van der Waals surface area contributed by atoms with Gasteiger partial charge in [-0.25, -0.2) is 4.79 Å². The summed E-state index contributed by atoms with van der Waals surface area (Å²) < 4.78 is 21.7. The zero-order chi connectivity index (χ0) is 18.7. The van der Waals surface area contributed by atoms with Crippen LogP contribution in [0.2, 0.25) is 0 Å². The van der Waals surface area contributed by atoms with Crippen LogP contribution < -0.4 is 14.2 Å². The molecule has 0 N–H and O–H groups in total. The fourth-order valence-electron chi connectivity index (χ4n) is 2.58. The number of carbonyl (C=O) groups excluding carboxylic acids is 1. The summed E-state index contributed by atoms with van der Waals surface area (Å²) in [4.78, 5) is 22.9. The van der Waals surface area contributed by atoms with E-state index in [1.807, 2.05) is 0 Å². The number of benzene rings is 2. The van der Waals surface area contributed by atoms with Crippen molar-refractivity contribution < 1.29 is 28.7 Å². The fraction of sp³-hybridized carbons (Fsp3) is 0.278. The first-order valence-electron chi connectivity index (χ1n) is 7.92. The van der Waals surface area contributed by atoms with Gasteiger partial charge in [0, 0.05) is 12.1 Å². The Balaban J connectivity index is 1.81. The Bertz CT molecular complexity index is 832. The molecule has 0 saturated carbocycles. The normalized spacial score (nSPS) is 13.6. The van der Waals surface area contributed by atoms with Crippen molar-refractivity contribution >= 4 is 11.7 Å². The van der Waals surface area contributed by atoms with Gasteiger partial charge in [0.15, 0.2) is 11.5 Å². The van der Waals surface area contributed by atoms with Crippen molar-refractivity contribution in [1.82, 2.24) is 0 Å². The molecule has 0 spiro atoms. The highest BCUT2D eigenvalue weighted by atomic mass is 16.6. The van der Waals surface area contributed by atoms with Gasteiger partial charge in [0.25, 0.3) is 5.69 Å². The summed E-state index contributed by atoms with van der Waals surface area (Å²) in [6.07, 6.45) is -0.665. The molecule has 1 aliphatic heterocycles. The topological polar surface area (TPSA) is 97.1 Å². The van der Waals surface area contributed by atoms with E-state index in [2.05, 4.69) is 0 Å². The maximum absolute atomic E-state index is 12.5. The van der Waals surface area contributed by atoms with Gasteiger partial charge in [-0.3, -0.25) is 10.1 Å². The van der Waals surface area contributed by atoms with Gasteiger partial charge >= 0.3 is 5.97 Å². The predicted octanol–water partition coefficient (Wildman–Crippen LogP) is 3.29. The highest BCUT2D eigenvalue weighted by Crippen LogP contribution is 2.40. The molecular weight excluding hydrogens is 342 g/mol. The van der Waals surface area contributed by atoms with Crippen molar-refractivity contribution in [3.63, 3.8) is 0 Å². The number of rotatable bonds is 5. The number of hydrogen-bond acceptors (Lipinski definition) is 7. The third-order valence-electron chi connectivity index (χ3n) is 3.90. The summed E-state index contributed by atoms with van der Waals surface area (Å²) >= 11 is 0. The monoisotopic (exact) mass is 359 g/mol. The van der Waals surface area contributed by atoms with Crippen LogP contribution in [0.25, 0.3) is 0 Å². The third kappa shape index (κ3) is 3.53. The first-order chi connectivity index (χ1) is 12.5. The zero-order valence-electron chi connectivity index (χ0n) is 14.3. The second kappa shape index (κ2) is 7.30. The van der Waals surface area contributed by atoms with Crippen molar-refractivity contribution in [1.29, 1.82) is 0 Å². The van der Waals surface area contributed by atoms with Crippen LogP contribution in [0.1, 0.15) is 28.9 Å². The number of esters is 1. The summed E-state index contributed by atoms with van der Waals surface area (Å²) in [5, 5.41) is 10.9. The van der Waals surface area contributed by atoms with Crippen molar-refractivity contribution in [2.24, 2.45) is 0 Å². The quantitative estimate of drug-likeness (QED) is 0.459. The molecule has 8 heteroatoms. The summed E-state index contributed by atoms with van der Waals surface area (Å²) in [6, 6.07) is 9.00. The highest BCUT2D eigenvalue weighted by Gasteiger charge is 2.23. The van der Waals surface area contributed by atoms with Gasteiger partial charge in [-0.2, -0.15) is 0 Å². The molecule has 0 radical (unpaired) electrons. The van der Waals surface area contributed by atoms with Gasteiger partial charge in [-0.1, -0.05) is 12.1 Å². The molecule has 1 aliphatic rings. The van der Waals surface area contributed by atoms with Crippen LogP contribution in [0.4, 0.5) is 5.69 Å². The second-order valence-corrected chi connectivity index (χ2v) is 5.60.